The first-order chi connectivity index (χ1) is 10.2. The predicted octanol–water partition coefficient (Wildman–Crippen LogP) is 0.774. The van der Waals surface area contributed by atoms with E-state index < -0.39 is 0 Å². The van der Waals surface area contributed by atoms with Gasteiger partial charge in [0.15, 0.2) is 0 Å². The summed E-state index contributed by atoms with van der Waals surface area (Å²) in [6.45, 7) is 0.206. The summed E-state index contributed by atoms with van der Waals surface area (Å²) in [6, 6.07) is 4.83. The molecule has 1 aromatic heterocycles. The van der Waals surface area contributed by atoms with E-state index in [1.807, 2.05) is 0 Å². The van der Waals surface area contributed by atoms with Crippen LogP contribution in [0.4, 0.5) is 0 Å². The van der Waals surface area contributed by atoms with Crippen LogP contribution in [0.25, 0.3) is 0 Å². The van der Waals surface area contributed by atoms with Gasteiger partial charge in [-0.3, -0.25) is 9.89 Å². The molecule has 21 heavy (non-hydrogen) atoms. The molecule has 0 spiro atoms. The number of nitrogens with zero attached hydrogens (tertiary/aromatic N) is 2. The molecule has 1 aromatic carbocycles. The van der Waals surface area contributed by atoms with Crippen LogP contribution in [-0.2, 0) is 6.42 Å². The number of aliphatic hydroxyl groups excluding tert-OH is 1. The zero-order valence-corrected chi connectivity index (χ0v) is 11.8. The minimum Gasteiger partial charge on any atom is -0.384 e. The Bertz CT molecular complexity index is 674. The fourth-order valence-corrected chi connectivity index (χ4v) is 1.87. The predicted molar refractivity (Wildman–Crippen MR) is 77.8 cm³/mol. The summed E-state index contributed by atoms with van der Waals surface area (Å²) in [5.74, 6) is 5.70. The lowest BCUT2D eigenvalue weighted by Crippen LogP contribution is -2.26. The summed E-state index contributed by atoms with van der Waals surface area (Å²) in [4.78, 5) is 15.9. The fraction of sp³-hybridized carbons (Fsp3) is 0.214. The van der Waals surface area contributed by atoms with Crippen LogP contribution in [0.5, 0.6) is 0 Å². The van der Waals surface area contributed by atoms with Gasteiger partial charge in [0.1, 0.15) is 18.8 Å². The summed E-state index contributed by atoms with van der Waals surface area (Å²) < 4.78 is 0. The van der Waals surface area contributed by atoms with Crippen molar-refractivity contribution >= 4 is 17.5 Å². The second-order valence-electron chi connectivity index (χ2n) is 4.09. The number of nitrogens with one attached hydrogen (secondary N) is 2. The molecule has 3 N–H and O–H groups in total. The van der Waals surface area contributed by atoms with Crippen molar-refractivity contribution < 1.29 is 9.90 Å². The molecule has 1 heterocycles. The molecule has 0 aliphatic heterocycles. The molecule has 0 saturated carbocycles. The van der Waals surface area contributed by atoms with Crippen LogP contribution in [0.1, 0.15) is 21.7 Å². The van der Waals surface area contributed by atoms with E-state index in [-0.39, 0.29) is 12.5 Å². The third kappa shape index (κ3) is 4.31. The number of aromatic amines is 1. The van der Waals surface area contributed by atoms with E-state index in [0.29, 0.717) is 34.9 Å². The number of carbonyl (C=O) groups excluding carboxylic acids is 1. The van der Waals surface area contributed by atoms with Crippen molar-refractivity contribution in [2.24, 2.45) is 0 Å². The number of carbonyl (C=O) groups is 1. The summed E-state index contributed by atoms with van der Waals surface area (Å²) in [6.07, 6.45) is 1.99. The van der Waals surface area contributed by atoms with Crippen molar-refractivity contribution in [1.82, 2.24) is 20.5 Å². The van der Waals surface area contributed by atoms with Crippen LogP contribution >= 0.6 is 11.6 Å². The van der Waals surface area contributed by atoms with Crippen molar-refractivity contribution in [2.45, 2.75) is 6.42 Å². The second kappa shape index (κ2) is 7.43. The third-order valence-electron chi connectivity index (χ3n) is 2.65. The Morgan fingerprint density at radius 1 is 1.48 bits per heavy atom. The number of amides is 1. The average molecular weight is 305 g/mol. The van der Waals surface area contributed by atoms with Gasteiger partial charge in [0.05, 0.1) is 5.02 Å². The van der Waals surface area contributed by atoms with Gasteiger partial charge >= 0.3 is 0 Å². The van der Waals surface area contributed by atoms with Crippen LogP contribution in [-0.4, -0.2) is 39.3 Å². The van der Waals surface area contributed by atoms with Crippen LogP contribution in [0, 0.1) is 11.8 Å². The molecular formula is C14H13ClN4O2. The number of halogens is 1. The van der Waals surface area contributed by atoms with E-state index in [9.17, 15) is 4.79 Å². The van der Waals surface area contributed by atoms with Gasteiger partial charge < -0.3 is 10.4 Å². The maximum atomic E-state index is 12.0. The molecule has 0 saturated heterocycles. The highest BCUT2D eigenvalue weighted by Gasteiger charge is 2.08. The minimum absolute atomic E-state index is 0.224. The Labute approximate surface area is 126 Å². The van der Waals surface area contributed by atoms with E-state index in [2.05, 4.69) is 32.3 Å². The van der Waals surface area contributed by atoms with Gasteiger partial charge in [0, 0.05) is 24.1 Å². The van der Waals surface area contributed by atoms with Crippen molar-refractivity contribution in [3.8, 4) is 11.8 Å². The first-order valence-corrected chi connectivity index (χ1v) is 6.60. The van der Waals surface area contributed by atoms with Gasteiger partial charge in [0.2, 0.25) is 0 Å². The first-order valence-electron chi connectivity index (χ1n) is 6.22. The lowest BCUT2D eigenvalue weighted by Gasteiger charge is -2.05. The minimum atomic E-state index is -0.236. The van der Waals surface area contributed by atoms with Gasteiger partial charge in [-0.2, -0.15) is 5.10 Å². The van der Waals surface area contributed by atoms with Gasteiger partial charge in [-0.05, 0) is 18.2 Å². The molecule has 0 atom stereocenters. The highest BCUT2D eigenvalue weighted by molar-refractivity contribution is 6.32. The number of H-pyrrole nitrogens is 1. The molecule has 2 aromatic rings. The van der Waals surface area contributed by atoms with E-state index in [1.54, 1.807) is 18.2 Å². The monoisotopic (exact) mass is 304 g/mol. The van der Waals surface area contributed by atoms with E-state index in [0.717, 1.165) is 0 Å². The molecule has 108 valence electrons. The number of hydrogen-bond donors (Lipinski definition) is 3. The van der Waals surface area contributed by atoms with Crippen molar-refractivity contribution in [3.05, 3.63) is 46.5 Å². The number of hydrogen-bond acceptors (Lipinski definition) is 4. The van der Waals surface area contributed by atoms with Crippen LogP contribution in [0.3, 0.4) is 0 Å². The quantitative estimate of drug-likeness (QED) is 0.728. The van der Waals surface area contributed by atoms with Crippen LogP contribution < -0.4 is 5.32 Å². The van der Waals surface area contributed by atoms with Crippen molar-refractivity contribution in [1.29, 1.82) is 0 Å². The van der Waals surface area contributed by atoms with Gasteiger partial charge in [-0.1, -0.05) is 23.4 Å². The molecule has 0 aliphatic rings. The first kappa shape index (κ1) is 15.0. The zero-order valence-electron chi connectivity index (χ0n) is 11.1. The second-order valence-corrected chi connectivity index (χ2v) is 4.50. The SMILES string of the molecule is O=C(NCCc1ncn[nH]1)c1ccc(C#CCO)c(Cl)c1. The Hall–Kier alpha value is -2.36. The standard InChI is InChI=1S/C14H13ClN4O2/c15-12-8-11(4-3-10(12)2-1-7-20)14(21)16-6-5-13-17-9-18-19-13/h3-4,8-9,20H,5-7H2,(H,16,21)(H,17,18,19). The lowest BCUT2D eigenvalue weighted by atomic mass is 10.1. The summed E-state index contributed by atoms with van der Waals surface area (Å²) in [5, 5.41) is 18.2. The number of rotatable bonds is 4. The Morgan fingerprint density at radius 2 is 2.33 bits per heavy atom. The third-order valence-corrected chi connectivity index (χ3v) is 2.96. The molecule has 0 aliphatic carbocycles. The summed E-state index contributed by atoms with van der Waals surface area (Å²) in [5.41, 5.74) is 1.02. The molecule has 2 rings (SSSR count). The maximum absolute atomic E-state index is 12.0. The maximum Gasteiger partial charge on any atom is 0.251 e. The largest absolute Gasteiger partial charge is 0.384 e. The highest BCUT2D eigenvalue weighted by atomic mass is 35.5. The topological polar surface area (TPSA) is 90.9 Å². The van der Waals surface area contributed by atoms with Gasteiger partial charge in [0.25, 0.3) is 5.91 Å². The molecule has 1 amide bonds. The van der Waals surface area contributed by atoms with Crippen LogP contribution in [0.2, 0.25) is 5.02 Å². The van der Waals surface area contributed by atoms with E-state index >= 15 is 0 Å². The number of benzene rings is 1. The molecule has 0 fully saturated rings. The average Bonchev–Trinajstić information content (AvgIpc) is 2.99. The molecule has 0 unspecified atom stereocenters. The summed E-state index contributed by atoms with van der Waals surface area (Å²) >= 11 is 6.04. The molecule has 6 nitrogen and oxygen atoms in total. The van der Waals surface area contributed by atoms with E-state index in [4.69, 9.17) is 16.7 Å². The molecule has 7 heteroatoms. The lowest BCUT2D eigenvalue weighted by molar-refractivity contribution is 0.0954. The highest BCUT2D eigenvalue weighted by Crippen LogP contribution is 2.17. The van der Waals surface area contributed by atoms with Crippen LogP contribution in [0.15, 0.2) is 24.5 Å². The molecule has 0 radical (unpaired) electrons. The Kier molecular flexibility index (Phi) is 5.32. The Morgan fingerprint density at radius 3 is 3.00 bits per heavy atom. The number of aromatic nitrogens is 3. The normalized spacial score (nSPS) is 9.81. The molecule has 0 bridgehead atoms. The van der Waals surface area contributed by atoms with Gasteiger partial charge in [-0.25, -0.2) is 4.98 Å². The van der Waals surface area contributed by atoms with Crippen molar-refractivity contribution in [3.63, 3.8) is 0 Å². The zero-order chi connectivity index (χ0) is 15.1. The fourth-order valence-electron chi connectivity index (χ4n) is 1.64. The van der Waals surface area contributed by atoms with Crippen molar-refractivity contribution in [2.75, 3.05) is 13.2 Å². The summed E-state index contributed by atoms with van der Waals surface area (Å²) in [7, 11) is 0. The van der Waals surface area contributed by atoms with E-state index in [1.165, 1.54) is 6.33 Å². The van der Waals surface area contributed by atoms with Gasteiger partial charge in [-0.15, -0.1) is 0 Å². The smallest absolute Gasteiger partial charge is 0.251 e. The Balaban J connectivity index is 1.94. The molecular weight excluding hydrogens is 292 g/mol. The number of aliphatic hydroxyl groups is 1.